The van der Waals surface area contributed by atoms with E-state index in [9.17, 15) is 26.7 Å². The van der Waals surface area contributed by atoms with Gasteiger partial charge in [-0.1, -0.05) is 23.7 Å². The fourth-order valence-electron chi connectivity index (χ4n) is 3.68. The molecule has 0 aromatic heterocycles. The number of para-hydroxylation sites is 1. The number of benzene rings is 2. The number of fused-ring (bicyclic) bond motifs is 2. The molecule has 0 spiro atoms. The number of aliphatic imine (C=N–C) groups is 1. The number of alkyl halides is 5. The van der Waals surface area contributed by atoms with Gasteiger partial charge in [-0.15, -0.1) is 0 Å². The zero-order valence-corrected chi connectivity index (χ0v) is 17.6. The molecular formula is C21H18ClF5N4O. The third-order valence-corrected chi connectivity index (χ3v) is 5.66. The predicted octanol–water partition coefficient (Wildman–Crippen LogP) is 4.84. The Morgan fingerprint density at radius 3 is 2.28 bits per heavy atom. The third-order valence-electron chi connectivity index (χ3n) is 5.42. The predicted molar refractivity (Wildman–Crippen MR) is 111 cm³/mol. The van der Waals surface area contributed by atoms with Crippen molar-refractivity contribution in [2.45, 2.75) is 12.1 Å². The molecule has 170 valence electrons. The van der Waals surface area contributed by atoms with Gasteiger partial charge in [-0.05, 0) is 37.4 Å². The average molecular weight is 473 g/mol. The first-order valence-electron chi connectivity index (χ1n) is 9.71. The molecule has 32 heavy (non-hydrogen) atoms. The van der Waals surface area contributed by atoms with Crippen LogP contribution in [0, 0.1) is 0 Å². The molecule has 2 aliphatic rings. The van der Waals surface area contributed by atoms with Crippen molar-refractivity contribution in [3.8, 4) is 0 Å². The summed E-state index contributed by atoms with van der Waals surface area (Å²) in [6, 6.07) is 9.82. The number of piperazine rings is 1. The van der Waals surface area contributed by atoms with Crippen LogP contribution in [-0.2, 0) is 4.79 Å². The van der Waals surface area contributed by atoms with E-state index in [1.165, 1.54) is 30.3 Å². The Labute approximate surface area is 185 Å². The van der Waals surface area contributed by atoms with Crippen LogP contribution in [0.3, 0.4) is 0 Å². The van der Waals surface area contributed by atoms with Crippen molar-refractivity contribution < 1.29 is 26.7 Å². The van der Waals surface area contributed by atoms with E-state index >= 15 is 0 Å². The molecule has 0 N–H and O–H groups in total. The Morgan fingerprint density at radius 1 is 0.969 bits per heavy atom. The van der Waals surface area contributed by atoms with Crippen molar-refractivity contribution in [3.05, 3.63) is 53.1 Å². The first kappa shape index (κ1) is 22.5. The first-order valence-corrected chi connectivity index (χ1v) is 10.1. The highest BCUT2D eigenvalue weighted by atomic mass is 35.5. The van der Waals surface area contributed by atoms with Crippen LogP contribution in [0.15, 0.2) is 47.5 Å². The van der Waals surface area contributed by atoms with Gasteiger partial charge in [0.15, 0.2) is 0 Å². The lowest BCUT2D eigenvalue weighted by atomic mass is 10.1. The quantitative estimate of drug-likeness (QED) is 0.557. The van der Waals surface area contributed by atoms with Crippen molar-refractivity contribution in [1.29, 1.82) is 0 Å². The van der Waals surface area contributed by atoms with E-state index in [4.69, 9.17) is 11.6 Å². The van der Waals surface area contributed by atoms with Gasteiger partial charge in [0.25, 0.3) is 0 Å². The van der Waals surface area contributed by atoms with E-state index in [1.54, 1.807) is 12.1 Å². The summed E-state index contributed by atoms with van der Waals surface area (Å²) in [7, 11) is 1.95. The Hall–Kier alpha value is -2.72. The molecule has 4 rings (SSSR count). The summed E-state index contributed by atoms with van der Waals surface area (Å²) < 4.78 is 67.7. The highest BCUT2D eigenvalue weighted by molar-refractivity contribution is 6.31. The van der Waals surface area contributed by atoms with Gasteiger partial charge >= 0.3 is 18.0 Å². The molecule has 2 aromatic carbocycles. The summed E-state index contributed by atoms with van der Waals surface area (Å²) >= 11 is 6.06. The first-order chi connectivity index (χ1) is 15.0. The Bertz CT molecular complexity index is 1080. The summed E-state index contributed by atoms with van der Waals surface area (Å²) in [6.07, 6.45) is -6.06. The number of amidine groups is 1. The van der Waals surface area contributed by atoms with Crippen LogP contribution in [0.4, 0.5) is 39.0 Å². The molecule has 0 saturated carbocycles. The van der Waals surface area contributed by atoms with Crippen molar-refractivity contribution >= 4 is 40.4 Å². The Balaban J connectivity index is 1.93. The van der Waals surface area contributed by atoms with Crippen LogP contribution in [-0.4, -0.2) is 66.9 Å². The molecule has 0 radical (unpaired) electrons. The standard InChI is InChI=1S/C21H18ClF5N4O/c1-29-8-10-30(11-9-29)18-14-4-2-3-5-16(14)31(19(32)20(23,24)21(25,26)27)17-7-6-13(22)12-15(17)28-18/h2-7,12H,8-11H2,1H3. The van der Waals surface area contributed by atoms with Gasteiger partial charge in [0.2, 0.25) is 0 Å². The molecule has 1 fully saturated rings. The normalized spacial score (nSPS) is 17.4. The lowest BCUT2D eigenvalue weighted by molar-refractivity contribution is -0.268. The van der Waals surface area contributed by atoms with E-state index < -0.39 is 18.0 Å². The van der Waals surface area contributed by atoms with Crippen LogP contribution in [0.25, 0.3) is 0 Å². The van der Waals surface area contributed by atoms with E-state index in [2.05, 4.69) is 9.89 Å². The summed E-state index contributed by atoms with van der Waals surface area (Å²) in [5, 5.41) is 0.200. The Kier molecular flexibility index (Phi) is 5.62. The number of carbonyl (C=O) groups is 1. The van der Waals surface area contributed by atoms with Crippen molar-refractivity contribution in [2.24, 2.45) is 4.99 Å². The van der Waals surface area contributed by atoms with Gasteiger partial charge in [-0.3, -0.25) is 9.69 Å². The van der Waals surface area contributed by atoms with Crippen LogP contribution in [0.2, 0.25) is 5.02 Å². The van der Waals surface area contributed by atoms with Crippen molar-refractivity contribution in [2.75, 3.05) is 38.1 Å². The van der Waals surface area contributed by atoms with Gasteiger partial charge in [0, 0.05) is 36.8 Å². The minimum Gasteiger partial charge on any atom is -0.353 e. The minimum atomic E-state index is -6.06. The molecule has 0 atom stereocenters. The second-order valence-electron chi connectivity index (χ2n) is 7.59. The zero-order chi connectivity index (χ0) is 23.3. The van der Waals surface area contributed by atoms with Crippen LogP contribution in [0.5, 0.6) is 0 Å². The smallest absolute Gasteiger partial charge is 0.353 e. The number of carbonyl (C=O) groups excluding carboxylic acids is 1. The summed E-state index contributed by atoms with van der Waals surface area (Å²) in [4.78, 5) is 21.7. The average Bonchev–Trinajstić information content (AvgIpc) is 2.87. The summed E-state index contributed by atoms with van der Waals surface area (Å²) in [5.41, 5.74) is -0.0234. The molecule has 11 heteroatoms. The molecule has 0 aliphatic carbocycles. The Morgan fingerprint density at radius 2 is 1.62 bits per heavy atom. The van der Waals surface area contributed by atoms with E-state index in [0.29, 0.717) is 36.9 Å². The van der Waals surface area contributed by atoms with Crippen LogP contribution < -0.4 is 4.90 Å². The van der Waals surface area contributed by atoms with Gasteiger partial charge in [-0.25, -0.2) is 4.99 Å². The number of hydrogen-bond donors (Lipinski definition) is 0. The van der Waals surface area contributed by atoms with Gasteiger partial charge in [-0.2, -0.15) is 22.0 Å². The lowest BCUT2D eigenvalue weighted by Gasteiger charge is -2.35. The number of nitrogens with zero attached hydrogens (tertiary/aromatic N) is 4. The fourth-order valence-corrected chi connectivity index (χ4v) is 3.84. The molecular weight excluding hydrogens is 455 g/mol. The number of amides is 1. The number of hydrogen-bond acceptors (Lipinski definition) is 4. The topological polar surface area (TPSA) is 39.1 Å². The van der Waals surface area contributed by atoms with Gasteiger partial charge in [0.1, 0.15) is 5.84 Å². The van der Waals surface area contributed by atoms with E-state index in [0.717, 1.165) is 0 Å². The van der Waals surface area contributed by atoms with Gasteiger partial charge < -0.3 is 9.80 Å². The van der Waals surface area contributed by atoms with E-state index in [1.807, 2.05) is 11.9 Å². The van der Waals surface area contributed by atoms with Crippen LogP contribution >= 0.6 is 11.6 Å². The molecule has 2 aromatic rings. The zero-order valence-electron chi connectivity index (χ0n) is 16.8. The van der Waals surface area contributed by atoms with Gasteiger partial charge in [0.05, 0.1) is 17.1 Å². The monoisotopic (exact) mass is 472 g/mol. The largest absolute Gasteiger partial charge is 0.463 e. The highest BCUT2D eigenvalue weighted by Crippen LogP contribution is 2.46. The molecule has 0 bridgehead atoms. The molecule has 1 saturated heterocycles. The lowest BCUT2D eigenvalue weighted by Crippen LogP contribution is -2.51. The highest BCUT2D eigenvalue weighted by Gasteiger charge is 2.65. The molecule has 0 unspecified atom stereocenters. The maximum Gasteiger partial charge on any atom is 0.463 e. The molecule has 2 heterocycles. The maximum atomic E-state index is 14.2. The SMILES string of the molecule is CN1CCN(C2=Nc3cc(Cl)ccc3N(C(=O)C(F)(F)C(F)(F)F)c3ccccc32)CC1. The van der Waals surface area contributed by atoms with Crippen molar-refractivity contribution in [1.82, 2.24) is 9.80 Å². The third kappa shape index (κ3) is 3.81. The number of anilines is 2. The van der Waals surface area contributed by atoms with Crippen LogP contribution in [0.1, 0.15) is 5.56 Å². The number of rotatable bonds is 1. The summed E-state index contributed by atoms with van der Waals surface area (Å²) in [5.74, 6) is -7.63. The number of halogens is 6. The minimum absolute atomic E-state index is 0.0222. The number of likely N-dealkylation sites (N-methyl/N-ethyl adjacent to an activating group) is 1. The summed E-state index contributed by atoms with van der Waals surface area (Å²) in [6.45, 7) is 2.54. The second kappa shape index (κ2) is 8.00. The van der Waals surface area contributed by atoms with Crippen molar-refractivity contribution in [3.63, 3.8) is 0 Å². The van der Waals surface area contributed by atoms with E-state index in [-0.39, 0.29) is 27.6 Å². The molecule has 1 amide bonds. The second-order valence-corrected chi connectivity index (χ2v) is 8.03. The maximum absolute atomic E-state index is 14.2. The molecule has 5 nitrogen and oxygen atoms in total. The fraction of sp³-hybridized carbons (Fsp3) is 0.333. The molecule has 2 aliphatic heterocycles.